The van der Waals surface area contributed by atoms with Crippen LogP contribution in [0, 0.1) is 19.8 Å². The lowest BCUT2D eigenvalue weighted by Crippen LogP contribution is -2.41. The highest BCUT2D eigenvalue weighted by molar-refractivity contribution is 5.41. The highest BCUT2D eigenvalue weighted by Crippen LogP contribution is 2.39. The highest BCUT2D eigenvalue weighted by atomic mass is 16.5. The van der Waals surface area contributed by atoms with E-state index in [1.807, 2.05) is 13.1 Å². The van der Waals surface area contributed by atoms with E-state index in [1.165, 1.54) is 12.8 Å². The van der Waals surface area contributed by atoms with Crippen molar-refractivity contribution < 1.29 is 4.74 Å². The Morgan fingerprint density at radius 3 is 2.61 bits per heavy atom. The van der Waals surface area contributed by atoms with Crippen molar-refractivity contribution in [3.8, 4) is 5.75 Å². The number of rotatable bonds is 5. The van der Waals surface area contributed by atoms with Crippen LogP contribution >= 0.6 is 0 Å². The molecule has 0 aliphatic heterocycles. The van der Waals surface area contributed by atoms with Crippen molar-refractivity contribution in [2.45, 2.75) is 52.6 Å². The maximum absolute atomic E-state index is 5.44. The number of hydrogen-bond donors (Lipinski definition) is 1. The molecule has 1 N–H and O–H groups in total. The Balaban J connectivity index is 2.10. The number of ether oxygens (including phenoxy) is 1. The fourth-order valence-electron chi connectivity index (χ4n) is 2.51. The Kier molecular flexibility index (Phi) is 3.62. The van der Waals surface area contributed by atoms with E-state index in [4.69, 9.17) is 4.74 Å². The third kappa shape index (κ3) is 2.66. The molecule has 3 heteroatoms. The van der Waals surface area contributed by atoms with Gasteiger partial charge >= 0.3 is 0 Å². The van der Waals surface area contributed by atoms with Gasteiger partial charge in [-0.25, -0.2) is 0 Å². The summed E-state index contributed by atoms with van der Waals surface area (Å²) in [5.74, 6) is 1.79. The molecule has 100 valence electrons. The standard InChI is InChI=1S/C15H24N2O/c1-10-8-16-13(11(2)14(10)18-5)9-17-15(3,4)12-6-7-12/h8,12,17H,6-7,9H2,1-5H3. The zero-order valence-corrected chi connectivity index (χ0v) is 12.1. The molecule has 18 heavy (non-hydrogen) atoms. The number of nitrogens with zero attached hydrogens (tertiary/aromatic N) is 1. The van der Waals surface area contributed by atoms with Crippen LogP contribution < -0.4 is 10.1 Å². The van der Waals surface area contributed by atoms with E-state index in [-0.39, 0.29) is 5.54 Å². The first kappa shape index (κ1) is 13.3. The molecule has 0 bridgehead atoms. The number of hydrogen-bond acceptors (Lipinski definition) is 3. The third-order valence-electron chi connectivity index (χ3n) is 4.06. The molecule has 1 aromatic rings. The Morgan fingerprint density at radius 2 is 2.06 bits per heavy atom. The van der Waals surface area contributed by atoms with E-state index in [2.05, 4.69) is 31.1 Å². The smallest absolute Gasteiger partial charge is 0.128 e. The molecule has 0 spiro atoms. The molecule has 1 fully saturated rings. The zero-order valence-electron chi connectivity index (χ0n) is 12.1. The lowest BCUT2D eigenvalue weighted by atomic mass is 9.98. The molecule has 1 aromatic heterocycles. The van der Waals surface area contributed by atoms with Crippen molar-refractivity contribution in [1.82, 2.24) is 10.3 Å². The molecule has 1 aliphatic carbocycles. The van der Waals surface area contributed by atoms with Crippen LogP contribution in [0.3, 0.4) is 0 Å². The maximum atomic E-state index is 5.44. The largest absolute Gasteiger partial charge is 0.496 e. The minimum Gasteiger partial charge on any atom is -0.496 e. The molecule has 1 aliphatic rings. The van der Waals surface area contributed by atoms with Gasteiger partial charge in [-0.15, -0.1) is 0 Å². The summed E-state index contributed by atoms with van der Waals surface area (Å²) in [7, 11) is 1.72. The van der Waals surface area contributed by atoms with Gasteiger partial charge in [0.25, 0.3) is 0 Å². The van der Waals surface area contributed by atoms with Gasteiger partial charge in [0.2, 0.25) is 0 Å². The van der Waals surface area contributed by atoms with Crippen molar-refractivity contribution in [2.24, 2.45) is 5.92 Å². The molecule has 0 atom stereocenters. The first-order valence-corrected chi connectivity index (χ1v) is 6.70. The molecule has 1 heterocycles. The van der Waals surface area contributed by atoms with Gasteiger partial charge in [-0.3, -0.25) is 4.98 Å². The first-order valence-electron chi connectivity index (χ1n) is 6.70. The van der Waals surface area contributed by atoms with Gasteiger partial charge in [-0.05, 0) is 46.5 Å². The summed E-state index contributed by atoms with van der Waals surface area (Å²) in [6, 6.07) is 0. The molecule has 1 saturated carbocycles. The minimum atomic E-state index is 0.215. The summed E-state index contributed by atoms with van der Waals surface area (Å²) >= 11 is 0. The molecule has 0 radical (unpaired) electrons. The van der Waals surface area contributed by atoms with Crippen molar-refractivity contribution in [1.29, 1.82) is 0 Å². The fourth-order valence-corrected chi connectivity index (χ4v) is 2.51. The second-order valence-corrected chi connectivity index (χ2v) is 5.90. The van der Waals surface area contributed by atoms with Crippen LogP contribution in [0.15, 0.2) is 6.20 Å². The average molecular weight is 248 g/mol. The van der Waals surface area contributed by atoms with Gasteiger partial charge in [-0.2, -0.15) is 0 Å². The van der Waals surface area contributed by atoms with Crippen molar-refractivity contribution in [3.05, 3.63) is 23.0 Å². The molecule has 0 amide bonds. The normalized spacial score (nSPS) is 15.8. The van der Waals surface area contributed by atoms with Crippen LogP contribution in [0.1, 0.15) is 43.5 Å². The summed E-state index contributed by atoms with van der Waals surface area (Å²) < 4.78 is 5.44. The van der Waals surface area contributed by atoms with Crippen LogP contribution in [-0.4, -0.2) is 17.6 Å². The zero-order chi connectivity index (χ0) is 13.3. The molecule has 0 aromatic carbocycles. The van der Waals surface area contributed by atoms with E-state index in [9.17, 15) is 0 Å². The molecular weight excluding hydrogens is 224 g/mol. The summed E-state index contributed by atoms with van der Waals surface area (Å²) in [4.78, 5) is 4.53. The van der Waals surface area contributed by atoms with Gasteiger partial charge in [0.05, 0.1) is 12.8 Å². The van der Waals surface area contributed by atoms with Gasteiger partial charge in [0.15, 0.2) is 0 Å². The number of aryl methyl sites for hydroxylation is 1. The van der Waals surface area contributed by atoms with Crippen molar-refractivity contribution >= 4 is 0 Å². The van der Waals surface area contributed by atoms with Crippen LogP contribution in [0.2, 0.25) is 0 Å². The van der Waals surface area contributed by atoms with Crippen molar-refractivity contribution in [3.63, 3.8) is 0 Å². The first-order chi connectivity index (χ1) is 8.45. The molecule has 3 nitrogen and oxygen atoms in total. The predicted molar refractivity (Wildman–Crippen MR) is 73.9 cm³/mol. The Labute approximate surface area is 110 Å². The van der Waals surface area contributed by atoms with Crippen LogP contribution in [0.4, 0.5) is 0 Å². The molecule has 2 rings (SSSR count). The second-order valence-electron chi connectivity index (χ2n) is 5.90. The van der Waals surface area contributed by atoms with Crippen molar-refractivity contribution in [2.75, 3.05) is 7.11 Å². The SMILES string of the molecule is COc1c(C)cnc(CNC(C)(C)C2CC2)c1C. The van der Waals surface area contributed by atoms with E-state index in [0.29, 0.717) is 0 Å². The second kappa shape index (κ2) is 4.88. The lowest BCUT2D eigenvalue weighted by Gasteiger charge is -2.26. The highest BCUT2D eigenvalue weighted by Gasteiger charge is 2.37. The Morgan fingerprint density at radius 1 is 1.39 bits per heavy atom. The number of methoxy groups -OCH3 is 1. The quantitative estimate of drug-likeness (QED) is 0.870. The monoisotopic (exact) mass is 248 g/mol. The third-order valence-corrected chi connectivity index (χ3v) is 4.06. The lowest BCUT2D eigenvalue weighted by molar-refractivity contribution is 0.336. The molecular formula is C15H24N2O. The maximum Gasteiger partial charge on any atom is 0.128 e. The minimum absolute atomic E-state index is 0.215. The summed E-state index contributed by atoms with van der Waals surface area (Å²) in [5.41, 5.74) is 3.55. The fraction of sp³-hybridized carbons (Fsp3) is 0.667. The van der Waals surface area contributed by atoms with Crippen LogP contribution in [0.25, 0.3) is 0 Å². The number of aromatic nitrogens is 1. The van der Waals surface area contributed by atoms with E-state index < -0.39 is 0 Å². The summed E-state index contributed by atoms with van der Waals surface area (Å²) in [6.07, 6.45) is 4.60. The van der Waals surface area contributed by atoms with Crippen LogP contribution in [0.5, 0.6) is 5.75 Å². The summed E-state index contributed by atoms with van der Waals surface area (Å²) in [5, 5.41) is 3.63. The van der Waals surface area contributed by atoms with E-state index in [0.717, 1.165) is 35.0 Å². The number of pyridine rings is 1. The topological polar surface area (TPSA) is 34.1 Å². The van der Waals surface area contributed by atoms with Gasteiger partial charge in [0, 0.05) is 29.4 Å². The Bertz CT molecular complexity index is 436. The predicted octanol–water partition coefficient (Wildman–Crippen LogP) is 2.99. The Hall–Kier alpha value is -1.09. The summed E-state index contributed by atoms with van der Waals surface area (Å²) in [6.45, 7) is 9.49. The molecule has 0 saturated heterocycles. The average Bonchev–Trinajstić information content (AvgIpc) is 3.12. The van der Waals surface area contributed by atoms with E-state index in [1.54, 1.807) is 7.11 Å². The van der Waals surface area contributed by atoms with Gasteiger partial charge in [0.1, 0.15) is 5.75 Å². The van der Waals surface area contributed by atoms with Gasteiger partial charge in [-0.1, -0.05) is 0 Å². The van der Waals surface area contributed by atoms with E-state index >= 15 is 0 Å². The molecule has 0 unspecified atom stereocenters. The van der Waals surface area contributed by atoms with Gasteiger partial charge < -0.3 is 10.1 Å². The van der Waals surface area contributed by atoms with Crippen LogP contribution in [-0.2, 0) is 6.54 Å². The number of nitrogens with one attached hydrogen (secondary N) is 1.